The number of aromatic nitrogens is 2. The lowest BCUT2D eigenvalue weighted by Gasteiger charge is -2.43. The second kappa shape index (κ2) is 16.7. The summed E-state index contributed by atoms with van der Waals surface area (Å²) in [5, 5.41) is 5.05. The molecule has 0 radical (unpaired) electrons. The van der Waals surface area contributed by atoms with Crippen molar-refractivity contribution in [3.8, 4) is 44.5 Å². The Kier molecular flexibility index (Phi) is 9.28. The number of benzene rings is 12. The van der Waals surface area contributed by atoms with E-state index in [1.807, 2.05) is 0 Å². The predicted molar refractivity (Wildman–Crippen MR) is 331 cm³/mol. The van der Waals surface area contributed by atoms with Gasteiger partial charge in [0, 0.05) is 77.7 Å². The summed E-state index contributed by atoms with van der Waals surface area (Å²) in [6.07, 6.45) is 0. The zero-order valence-electron chi connectivity index (χ0n) is 42.5. The van der Waals surface area contributed by atoms with Gasteiger partial charge in [-0.15, -0.1) is 0 Å². The molecule has 4 nitrogen and oxygen atoms in total. The van der Waals surface area contributed by atoms with Crippen molar-refractivity contribution >= 4 is 113 Å². The minimum absolute atomic E-state index is 0.188. The molecule has 0 fully saturated rings. The van der Waals surface area contributed by atoms with Crippen molar-refractivity contribution in [1.82, 2.24) is 8.96 Å². The smallest absolute Gasteiger partial charge is 0.332 e. The minimum Gasteiger partial charge on any atom is -0.376 e. The molecule has 17 rings (SSSR count). The lowest BCUT2D eigenvalue weighted by molar-refractivity contribution is 1.23. The molecule has 0 amide bonds. The normalized spacial score (nSPS) is 13.0. The van der Waals surface area contributed by atoms with E-state index in [1.54, 1.807) is 0 Å². The molecule has 0 N–H and O–H groups in total. The van der Waals surface area contributed by atoms with Crippen LogP contribution in [0.4, 0.5) is 34.1 Å². The van der Waals surface area contributed by atoms with Gasteiger partial charge < -0.3 is 18.8 Å². The molecule has 4 bridgehead atoms. The third-order valence-corrected chi connectivity index (χ3v) is 17.1. The molecule has 5 heterocycles. The van der Waals surface area contributed by atoms with Crippen molar-refractivity contribution < 1.29 is 0 Å². The third kappa shape index (κ3) is 6.32. The molecular formula is C72H46B2N4. The van der Waals surface area contributed by atoms with Crippen LogP contribution in [0.5, 0.6) is 0 Å². The van der Waals surface area contributed by atoms with Gasteiger partial charge in [0.1, 0.15) is 0 Å². The van der Waals surface area contributed by atoms with Gasteiger partial charge in [0.25, 0.3) is 0 Å². The molecule has 0 spiro atoms. The van der Waals surface area contributed by atoms with Crippen molar-refractivity contribution in [1.29, 1.82) is 0 Å². The maximum absolute atomic E-state index is 2.68. The second-order valence-electron chi connectivity index (χ2n) is 21.2. The van der Waals surface area contributed by atoms with Crippen LogP contribution in [0.25, 0.3) is 88.1 Å². The van der Waals surface area contributed by atoms with Gasteiger partial charge in [-0.05, 0) is 133 Å². The number of hydrogen-bond acceptors (Lipinski definition) is 2. The van der Waals surface area contributed by atoms with Gasteiger partial charge >= 0.3 is 13.7 Å². The van der Waals surface area contributed by atoms with Crippen LogP contribution in [0.15, 0.2) is 279 Å². The Labute approximate surface area is 453 Å². The largest absolute Gasteiger partial charge is 0.376 e. The van der Waals surface area contributed by atoms with E-state index in [-0.39, 0.29) is 13.7 Å². The van der Waals surface area contributed by atoms with Gasteiger partial charge in [-0.2, -0.15) is 0 Å². The highest BCUT2D eigenvalue weighted by Gasteiger charge is 2.45. The third-order valence-electron chi connectivity index (χ3n) is 17.1. The van der Waals surface area contributed by atoms with Crippen molar-refractivity contribution in [2.75, 3.05) is 9.80 Å². The Hall–Kier alpha value is -10.0. The molecule has 0 saturated carbocycles. The summed E-state index contributed by atoms with van der Waals surface area (Å²) < 4.78 is 5.36. The number of para-hydroxylation sites is 2. The molecule has 78 heavy (non-hydrogen) atoms. The maximum atomic E-state index is 2.68. The summed E-state index contributed by atoms with van der Waals surface area (Å²) in [6.45, 7) is -0.376. The number of rotatable bonds is 6. The first-order valence-corrected chi connectivity index (χ1v) is 27.1. The number of anilines is 6. The van der Waals surface area contributed by atoms with Crippen LogP contribution in [0.2, 0.25) is 0 Å². The predicted octanol–water partition coefficient (Wildman–Crippen LogP) is 15.8. The summed E-state index contributed by atoms with van der Waals surface area (Å²) in [4.78, 5) is 5.16. The number of hydrogen-bond donors (Lipinski definition) is 0. The van der Waals surface area contributed by atoms with Gasteiger partial charge in [0.05, 0.1) is 0 Å². The topological polar surface area (TPSA) is 16.3 Å². The Morgan fingerprint density at radius 1 is 0.205 bits per heavy atom. The standard InChI is InChI=1S/C72H46B2N4/c1-5-19-47(20-6-1)51-27-17-29-55(39-51)75-69-41-53(49-23-9-3-10-24-49)35-37-61(69)73-63-44-64-72(46-71(63)75)76(56-30-18-28-52(40-56)48-21-7-2-8-22-48)70-42-54(50-25-11-4-12-26-50)36-38-62(70)74(64)78-66-34-16-14-32-58(66)60-43-59-57-31-13-15-33-65(57)77(73)67(59)45-68(60)78/h1-46H. The summed E-state index contributed by atoms with van der Waals surface area (Å²) in [5.41, 5.74) is 26.2. The fourth-order valence-corrected chi connectivity index (χ4v) is 13.7. The van der Waals surface area contributed by atoms with Crippen LogP contribution in [-0.2, 0) is 0 Å². The molecule has 0 saturated heterocycles. The first-order valence-electron chi connectivity index (χ1n) is 27.1. The van der Waals surface area contributed by atoms with Gasteiger partial charge in [0.2, 0.25) is 0 Å². The highest BCUT2D eigenvalue weighted by molar-refractivity contribution is 6.91. The highest BCUT2D eigenvalue weighted by atomic mass is 15.2. The van der Waals surface area contributed by atoms with E-state index in [2.05, 4.69) is 298 Å². The molecule has 3 aliphatic rings. The first kappa shape index (κ1) is 43.2. The van der Waals surface area contributed by atoms with E-state index in [1.165, 1.54) is 110 Å². The fraction of sp³-hybridized carbons (Fsp3) is 0. The van der Waals surface area contributed by atoms with Crippen LogP contribution in [0.1, 0.15) is 0 Å². The SMILES string of the molecule is c1ccc(-c2cccc(N3c4cc(-c5ccccc5)ccc4B4c5cc6c(cc53)N(c3cccc(-c5ccccc5)c3)c3cc(-c5ccccc5)ccc3B6n3c5ccccc5c5cc6c7ccccc7n4c6cc53)c2)cc1. The van der Waals surface area contributed by atoms with Crippen molar-refractivity contribution in [3.05, 3.63) is 279 Å². The van der Waals surface area contributed by atoms with Gasteiger partial charge in [0.15, 0.2) is 0 Å². The summed E-state index contributed by atoms with van der Waals surface area (Å²) in [7, 11) is 0. The summed E-state index contributed by atoms with van der Waals surface area (Å²) >= 11 is 0. The van der Waals surface area contributed by atoms with Crippen LogP contribution in [-0.4, -0.2) is 22.7 Å². The molecule has 12 aromatic carbocycles. The average Bonchev–Trinajstić information content (AvgIpc) is 4.16. The average molecular weight is 989 g/mol. The van der Waals surface area contributed by atoms with Crippen LogP contribution in [0.3, 0.4) is 0 Å². The van der Waals surface area contributed by atoms with Crippen molar-refractivity contribution in [2.24, 2.45) is 0 Å². The van der Waals surface area contributed by atoms with Gasteiger partial charge in [-0.3, -0.25) is 0 Å². The lowest BCUT2D eigenvalue weighted by Crippen LogP contribution is -2.60. The monoisotopic (exact) mass is 988 g/mol. The van der Waals surface area contributed by atoms with Crippen LogP contribution in [0, 0.1) is 0 Å². The maximum Gasteiger partial charge on any atom is 0.332 e. The number of nitrogens with zero attached hydrogens (tertiary/aromatic N) is 4. The minimum atomic E-state index is -0.188. The molecule has 360 valence electrons. The van der Waals surface area contributed by atoms with Gasteiger partial charge in [-0.25, -0.2) is 0 Å². The highest BCUT2D eigenvalue weighted by Crippen LogP contribution is 2.48. The molecule has 2 aromatic heterocycles. The zero-order chi connectivity index (χ0) is 51.0. The van der Waals surface area contributed by atoms with E-state index in [9.17, 15) is 0 Å². The van der Waals surface area contributed by atoms with E-state index < -0.39 is 0 Å². The van der Waals surface area contributed by atoms with E-state index in [0.29, 0.717) is 0 Å². The quantitative estimate of drug-likeness (QED) is 0.154. The summed E-state index contributed by atoms with van der Waals surface area (Å²) in [6, 6.07) is 105. The molecule has 0 aliphatic carbocycles. The lowest BCUT2D eigenvalue weighted by atomic mass is 9.43. The molecular weight excluding hydrogens is 942 g/mol. The molecule has 0 unspecified atom stereocenters. The van der Waals surface area contributed by atoms with Crippen molar-refractivity contribution in [2.45, 2.75) is 0 Å². The molecule has 14 aromatic rings. The van der Waals surface area contributed by atoms with E-state index in [0.717, 1.165) is 34.1 Å². The van der Waals surface area contributed by atoms with Crippen LogP contribution >= 0.6 is 0 Å². The second-order valence-corrected chi connectivity index (χ2v) is 21.2. The van der Waals surface area contributed by atoms with Gasteiger partial charge in [-0.1, -0.05) is 212 Å². The Balaban J connectivity index is 1.05. The van der Waals surface area contributed by atoms with Crippen LogP contribution < -0.4 is 31.7 Å². The Morgan fingerprint density at radius 2 is 0.564 bits per heavy atom. The first-order chi connectivity index (χ1) is 38.7. The zero-order valence-corrected chi connectivity index (χ0v) is 42.5. The fourth-order valence-electron chi connectivity index (χ4n) is 13.7. The number of fused-ring (bicyclic) bond motifs is 12. The van der Waals surface area contributed by atoms with E-state index >= 15 is 0 Å². The Bertz CT molecular complexity index is 4460. The van der Waals surface area contributed by atoms with E-state index in [4.69, 9.17) is 0 Å². The van der Waals surface area contributed by atoms with Crippen molar-refractivity contribution in [3.63, 3.8) is 0 Å². The Morgan fingerprint density at radius 3 is 0.987 bits per heavy atom. The summed E-state index contributed by atoms with van der Waals surface area (Å²) in [5.74, 6) is 0. The molecule has 3 aliphatic heterocycles. The molecule has 0 atom stereocenters. The molecule has 6 heteroatoms.